The molecular weight excluding hydrogens is 353 g/mol. The van der Waals surface area contributed by atoms with Gasteiger partial charge in [-0.1, -0.05) is 6.07 Å². The average molecular weight is 371 g/mol. The van der Waals surface area contributed by atoms with Crippen molar-refractivity contribution in [1.82, 2.24) is 14.3 Å². The first-order chi connectivity index (χ1) is 8.74. The van der Waals surface area contributed by atoms with Gasteiger partial charge >= 0.3 is 0 Å². The van der Waals surface area contributed by atoms with Gasteiger partial charge in [0.1, 0.15) is 5.65 Å². The molecule has 0 spiro atoms. The summed E-state index contributed by atoms with van der Waals surface area (Å²) in [6, 6.07) is 6.53. The van der Waals surface area contributed by atoms with Gasteiger partial charge in [-0.2, -0.15) is 0 Å². The first-order valence-electron chi connectivity index (χ1n) is 6.19. The van der Waals surface area contributed by atoms with E-state index in [-0.39, 0.29) is 24.0 Å². The van der Waals surface area contributed by atoms with Crippen LogP contribution in [0, 0.1) is 0 Å². The molecule has 0 amide bonds. The van der Waals surface area contributed by atoms with Gasteiger partial charge in [0.05, 0.1) is 12.2 Å². The van der Waals surface area contributed by atoms with Crippen LogP contribution in [-0.4, -0.2) is 33.3 Å². The van der Waals surface area contributed by atoms with Crippen LogP contribution in [0.5, 0.6) is 0 Å². The number of fused-ring (bicyclic) bond motifs is 1. The lowest BCUT2D eigenvalue weighted by Gasteiger charge is -2.16. The van der Waals surface area contributed by atoms with Crippen molar-refractivity contribution in [3.05, 3.63) is 36.3 Å². The van der Waals surface area contributed by atoms with Crippen LogP contribution in [0.3, 0.4) is 0 Å². The van der Waals surface area contributed by atoms with E-state index in [9.17, 15) is 0 Å². The van der Waals surface area contributed by atoms with Crippen molar-refractivity contribution >= 4 is 35.6 Å². The lowest BCUT2D eigenvalue weighted by atomic mass is 10.5. The first kappa shape index (κ1) is 14.1. The van der Waals surface area contributed by atoms with Crippen molar-refractivity contribution in [2.45, 2.75) is 25.4 Å². The molecule has 1 fully saturated rings. The highest BCUT2D eigenvalue weighted by atomic mass is 127. The van der Waals surface area contributed by atoms with Gasteiger partial charge in [-0.15, -0.1) is 24.0 Å². The Labute approximate surface area is 129 Å². The van der Waals surface area contributed by atoms with Crippen LogP contribution >= 0.6 is 24.0 Å². The minimum atomic E-state index is 0. The zero-order valence-corrected chi connectivity index (χ0v) is 13.2. The molecule has 0 bridgehead atoms. The third-order valence-electron chi connectivity index (χ3n) is 3.27. The van der Waals surface area contributed by atoms with Gasteiger partial charge in [0.15, 0.2) is 5.96 Å². The Morgan fingerprint density at radius 3 is 3.00 bits per heavy atom. The molecule has 5 nitrogen and oxygen atoms in total. The van der Waals surface area contributed by atoms with E-state index in [2.05, 4.69) is 14.9 Å². The topological polar surface area (TPSA) is 58.9 Å². The number of rotatable bonds is 3. The van der Waals surface area contributed by atoms with Crippen LogP contribution in [0.4, 0.5) is 0 Å². The van der Waals surface area contributed by atoms with E-state index < -0.39 is 0 Å². The molecule has 1 saturated carbocycles. The van der Waals surface area contributed by atoms with Crippen LogP contribution in [-0.2, 0) is 6.54 Å². The highest BCUT2D eigenvalue weighted by Crippen LogP contribution is 2.24. The highest BCUT2D eigenvalue weighted by Gasteiger charge is 2.27. The minimum Gasteiger partial charge on any atom is -0.370 e. The molecule has 0 aromatic carbocycles. The summed E-state index contributed by atoms with van der Waals surface area (Å²) in [5.74, 6) is 0.606. The number of halogens is 1. The van der Waals surface area contributed by atoms with E-state index >= 15 is 0 Å². The fraction of sp³-hybridized carbons (Fsp3) is 0.385. The van der Waals surface area contributed by atoms with Crippen molar-refractivity contribution < 1.29 is 0 Å². The maximum Gasteiger partial charge on any atom is 0.191 e. The number of nitrogens with zero attached hydrogens (tertiary/aromatic N) is 4. The molecule has 2 heterocycles. The van der Waals surface area contributed by atoms with E-state index in [1.807, 2.05) is 42.0 Å². The molecule has 2 N–H and O–H groups in total. The van der Waals surface area contributed by atoms with Crippen molar-refractivity contribution in [2.75, 3.05) is 7.05 Å². The van der Waals surface area contributed by atoms with Crippen LogP contribution < -0.4 is 5.73 Å². The monoisotopic (exact) mass is 371 g/mol. The predicted molar refractivity (Wildman–Crippen MR) is 86.7 cm³/mol. The number of pyridine rings is 1. The molecule has 2 aromatic rings. The van der Waals surface area contributed by atoms with Gasteiger partial charge in [-0.25, -0.2) is 9.98 Å². The van der Waals surface area contributed by atoms with Gasteiger partial charge < -0.3 is 15.0 Å². The molecule has 1 aliphatic rings. The summed E-state index contributed by atoms with van der Waals surface area (Å²) >= 11 is 0. The Balaban J connectivity index is 0.00000133. The molecule has 0 saturated heterocycles. The second kappa shape index (κ2) is 5.77. The molecule has 19 heavy (non-hydrogen) atoms. The van der Waals surface area contributed by atoms with Crippen molar-refractivity contribution in [3.8, 4) is 0 Å². The Kier molecular flexibility index (Phi) is 4.28. The third kappa shape index (κ3) is 3.17. The van der Waals surface area contributed by atoms with Crippen LogP contribution in [0.25, 0.3) is 5.65 Å². The van der Waals surface area contributed by atoms with E-state index in [0.717, 1.165) is 11.3 Å². The summed E-state index contributed by atoms with van der Waals surface area (Å²) in [5.41, 5.74) is 7.82. The fourth-order valence-corrected chi connectivity index (χ4v) is 1.99. The Bertz CT molecular complexity index is 554. The standard InChI is InChI=1S/C13H17N5.HI/c1-17(11-5-6-11)13(14)15-8-10-9-18-7-3-2-4-12(18)16-10;/h2-4,7,9,11H,5-6,8H2,1H3,(H2,14,15);1H. The number of imidazole rings is 1. The fourth-order valence-electron chi connectivity index (χ4n) is 1.99. The molecule has 0 atom stereocenters. The van der Waals surface area contributed by atoms with Crippen LogP contribution in [0.15, 0.2) is 35.6 Å². The lowest BCUT2D eigenvalue weighted by Crippen LogP contribution is -2.35. The van der Waals surface area contributed by atoms with Crippen molar-refractivity contribution in [3.63, 3.8) is 0 Å². The largest absolute Gasteiger partial charge is 0.370 e. The maximum absolute atomic E-state index is 5.94. The molecule has 0 unspecified atom stereocenters. The summed E-state index contributed by atoms with van der Waals surface area (Å²) in [4.78, 5) is 10.9. The quantitative estimate of drug-likeness (QED) is 0.509. The van der Waals surface area contributed by atoms with Gasteiger partial charge in [0, 0.05) is 25.5 Å². The normalized spacial score (nSPS) is 15.3. The summed E-state index contributed by atoms with van der Waals surface area (Å²) in [7, 11) is 2.00. The van der Waals surface area contributed by atoms with E-state index in [1.54, 1.807) is 0 Å². The Hall–Kier alpha value is -1.31. The number of nitrogens with two attached hydrogens (primary N) is 1. The number of aliphatic imine (C=N–C) groups is 1. The van der Waals surface area contributed by atoms with Gasteiger partial charge in [0.25, 0.3) is 0 Å². The molecule has 2 aromatic heterocycles. The van der Waals surface area contributed by atoms with Gasteiger partial charge in [-0.3, -0.25) is 0 Å². The van der Waals surface area contributed by atoms with Gasteiger partial charge in [0.2, 0.25) is 0 Å². The number of hydrogen-bond donors (Lipinski definition) is 1. The molecule has 102 valence electrons. The summed E-state index contributed by atoms with van der Waals surface area (Å²) in [5, 5.41) is 0. The first-order valence-corrected chi connectivity index (χ1v) is 6.19. The molecule has 0 aliphatic heterocycles. The summed E-state index contributed by atoms with van der Waals surface area (Å²) < 4.78 is 1.99. The summed E-state index contributed by atoms with van der Waals surface area (Å²) in [6.45, 7) is 0.532. The Morgan fingerprint density at radius 2 is 2.32 bits per heavy atom. The minimum absolute atomic E-state index is 0. The molecular formula is C13H18IN5. The molecule has 3 rings (SSSR count). The Morgan fingerprint density at radius 1 is 1.53 bits per heavy atom. The van der Waals surface area contributed by atoms with Gasteiger partial charge in [-0.05, 0) is 25.0 Å². The van der Waals surface area contributed by atoms with Crippen molar-refractivity contribution in [2.24, 2.45) is 10.7 Å². The lowest BCUT2D eigenvalue weighted by molar-refractivity contribution is 0.487. The van der Waals surface area contributed by atoms with Crippen LogP contribution in [0.2, 0.25) is 0 Å². The van der Waals surface area contributed by atoms with Crippen molar-refractivity contribution in [1.29, 1.82) is 0 Å². The second-order valence-corrected chi connectivity index (χ2v) is 4.71. The maximum atomic E-state index is 5.94. The average Bonchev–Trinajstić information content (AvgIpc) is 3.14. The van der Waals surface area contributed by atoms with E-state index in [1.165, 1.54) is 12.8 Å². The SMILES string of the molecule is CN(C(N)=NCc1cn2ccccc2n1)C1CC1.I. The van der Waals surface area contributed by atoms with Crippen LogP contribution in [0.1, 0.15) is 18.5 Å². The molecule has 0 radical (unpaired) electrons. The highest BCUT2D eigenvalue weighted by molar-refractivity contribution is 14.0. The smallest absolute Gasteiger partial charge is 0.191 e. The second-order valence-electron chi connectivity index (χ2n) is 4.71. The predicted octanol–water partition coefficient (Wildman–Crippen LogP) is 1.86. The number of hydrogen-bond acceptors (Lipinski definition) is 2. The van der Waals surface area contributed by atoms with E-state index in [4.69, 9.17) is 5.73 Å². The van der Waals surface area contributed by atoms with E-state index in [0.29, 0.717) is 18.5 Å². The molecule has 1 aliphatic carbocycles. The number of aromatic nitrogens is 2. The number of guanidine groups is 1. The zero-order chi connectivity index (χ0) is 12.5. The summed E-state index contributed by atoms with van der Waals surface area (Å²) in [6.07, 6.45) is 6.42. The molecule has 6 heteroatoms. The zero-order valence-electron chi connectivity index (χ0n) is 10.9. The third-order valence-corrected chi connectivity index (χ3v) is 3.27.